The van der Waals surface area contributed by atoms with Gasteiger partial charge < -0.3 is 9.80 Å². The summed E-state index contributed by atoms with van der Waals surface area (Å²) in [6.07, 6.45) is -1.41. The second-order valence-corrected chi connectivity index (χ2v) is 8.81. The molecule has 3 nitrogen and oxygen atoms in total. The lowest BCUT2D eigenvalue weighted by molar-refractivity contribution is -0.148. The van der Waals surface area contributed by atoms with Crippen molar-refractivity contribution in [3.63, 3.8) is 0 Å². The molecule has 2 aliphatic rings. The monoisotopic (exact) mass is 454 g/mol. The van der Waals surface area contributed by atoms with Crippen LogP contribution in [-0.4, -0.2) is 37.0 Å². The first-order valence-corrected chi connectivity index (χ1v) is 10.7. The zero-order valence-electron chi connectivity index (χ0n) is 16.9. The van der Waals surface area contributed by atoms with E-state index in [4.69, 9.17) is 11.6 Å². The maximum atomic E-state index is 13.4. The maximum absolute atomic E-state index is 13.4. The van der Waals surface area contributed by atoms with Crippen molar-refractivity contribution >= 4 is 23.2 Å². The Kier molecular flexibility index (Phi) is 5.90. The zero-order valence-corrected chi connectivity index (χ0v) is 17.6. The minimum absolute atomic E-state index is 0.0462. The molecule has 0 spiro atoms. The number of benzene rings is 2. The molecule has 0 radical (unpaired) electrons. The Labute approximate surface area is 183 Å². The van der Waals surface area contributed by atoms with Gasteiger partial charge in [-0.3, -0.25) is 4.79 Å². The fraction of sp³-hybridized carbons (Fsp3) is 0.435. The molecule has 1 heterocycles. The highest BCUT2D eigenvalue weighted by Crippen LogP contribution is 2.46. The van der Waals surface area contributed by atoms with Gasteiger partial charge in [-0.2, -0.15) is 13.2 Å². The summed E-state index contributed by atoms with van der Waals surface area (Å²) in [5.41, 5.74) is -0.241. The van der Waals surface area contributed by atoms with E-state index in [1.807, 2.05) is 0 Å². The van der Waals surface area contributed by atoms with Gasteiger partial charge >= 0.3 is 6.18 Å². The minimum Gasteiger partial charge on any atom is -0.367 e. The van der Waals surface area contributed by atoms with Gasteiger partial charge in [0.1, 0.15) is 5.82 Å². The van der Waals surface area contributed by atoms with Crippen LogP contribution < -0.4 is 4.90 Å². The predicted octanol–water partition coefficient (Wildman–Crippen LogP) is 5.56. The molecule has 1 saturated heterocycles. The van der Waals surface area contributed by atoms with E-state index in [9.17, 15) is 22.4 Å². The van der Waals surface area contributed by atoms with Gasteiger partial charge in [0.2, 0.25) is 5.91 Å². The first-order valence-electron chi connectivity index (χ1n) is 10.3. The number of anilines is 1. The van der Waals surface area contributed by atoms with Crippen LogP contribution in [0.1, 0.15) is 30.4 Å². The molecule has 166 valence electrons. The largest absolute Gasteiger partial charge is 0.418 e. The summed E-state index contributed by atoms with van der Waals surface area (Å²) in [5, 5.41) is 0.245. The molecule has 31 heavy (non-hydrogen) atoms. The predicted molar refractivity (Wildman–Crippen MR) is 112 cm³/mol. The molecule has 0 unspecified atom stereocenters. The van der Waals surface area contributed by atoms with Crippen molar-refractivity contribution in [3.8, 4) is 0 Å². The van der Waals surface area contributed by atoms with Crippen LogP contribution in [0.4, 0.5) is 23.2 Å². The topological polar surface area (TPSA) is 23.6 Å². The molecule has 1 aliphatic heterocycles. The van der Waals surface area contributed by atoms with E-state index in [1.54, 1.807) is 21.9 Å². The summed E-state index contributed by atoms with van der Waals surface area (Å²) >= 11 is 5.96. The van der Waals surface area contributed by atoms with E-state index in [-0.39, 0.29) is 22.4 Å². The number of piperazine rings is 1. The first kappa shape index (κ1) is 21.9. The molecule has 1 amide bonds. The zero-order chi connectivity index (χ0) is 22.2. The van der Waals surface area contributed by atoms with E-state index >= 15 is 0 Å². The van der Waals surface area contributed by atoms with E-state index in [0.29, 0.717) is 32.6 Å². The van der Waals surface area contributed by atoms with Gasteiger partial charge in [-0.05, 0) is 55.2 Å². The Hall–Kier alpha value is -2.28. The molecule has 0 atom stereocenters. The molecule has 2 aromatic carbocycles. The molecule has 2 fully saturated rings. The number of rotatable bonds is 4. The van der Waals surface area contributed by atoms with Gasteiger partial charge in [0.25, 0.3) is 0 Å². The van der Waals surface area contributed by atoms with Crippen LogP contribution in [0.15, 0.2) is 42.5 Å². The van der Waals surface area contributed by atoms with Crippen molar-refractivity contribution in [2.24, 2.45) is 5.41 Å². The number of nitrogens with zero attached hydrogens (tertiary/aromatic N) is 2. The summed E-state index contributed by atoms with van der Waals surface area (Å²) in [5.74, 6) is -0.266. The Balaban J connectivity index is 1.46. The normalized spacial score (nSPS) is 18.6. The second kappa shape index (κ2) is 8.34. The molecule has 2 aromatic rings. The van der Waals surface area contributed by atoms with Gasteiger partial charge in [0.05, 0.1) is 16.7 Å². The Morgan fingerprint density at radius 1 is 1.00 bits per heavy atom. The fourth-order valence-electron chi connectivity index (χ4n) is 4.55. The number of halogens is 5. The first-order chi connectivity index (χ1) is 14.7. The molecule has 0 N–H and O–H groups in total. The molecular weight excluding hydrogens is 432 g/mol. The summed E-state index contributed by atoms with van der Waals surface area (Å²) in [6, 6.07) is 9.79. The number of carbonyl (C=O) groups excluding carboxylic acids is 1. The van der Waals surface area contributed by atoms with Crippen molar-refractivity contribution in [2.75, 3.05) is 31.1 Å². The van der Waals surface area contributed by atoms with Crippen LogP contribution in [0.25, 0.3) is 0 Å². The SMILES string of the molecule is O=C(N1CCN(c2cc(Cl)ccc2C(F)(F)F)CC1)C1(Cc2ccc(F)cc2)CCC1. The molecule has 8 heteroatoms. The lowest BCUT2D eigenvalue weighted by atomic mass is 9.64. The van der Waals surface area contributed by atoms with Crippen molar-refractivity contribution in [1.82, 2.24) is 4.90 Å². The average Bonchev–Trinajstić information content (AvgIpc) is 2.71. The number of hydrogen-bond donors (Lipinski definition) is 0. The summed E-state index contributed by atoms with van der Waals surface area (Å²) < 4.78 is 53.5. The third kappa shape index (κ3) is 4.52. The van der Waals surface area contributed by atoms with Crippen molar-refractivity contribution in [1.29, 1.82) is 0 Å². The van der Waals surface area contributed by atoms with Crippen LogP contribution in [0.3, 0.4) is 0 Å². The van der Waals surface area contributed by atoms with E-state index in [1.165, 1.54) is 24.3 Å². The lowest BCUT2D eigenvalue weighted by Crippen LogP contribution is -2.55. The highest BCUT2D eigenvalue weighted by Gasteiger charge is 2.46. The average molecular weight is 455 g/mol. The third-order valence-electron chi connectivity index (χ3n) is 6.39. The van der Waals surface area contributed by atoms with Crippen LogP contribution in [-0.2, 0) is 17.4 Å². The summed E-state index contributed by atoms with van der Waals surface area (Å²) in [4.78, 5) is 16.7. The van der Waals surface area contributed by atoms with Gasteiger partial charge in [-0.1, -0.05) is 30.2 Å². The van der Waals surface area contributed by atoms with E-state index < -0.39 is 17.2 Å². The maximum Gasteiger partial charge on any atom is 0.418 e. The van der Waals surface area contributed by atoms with E-state index in [0.717, 1.165) is 30.9 Å². The Morgan fingerprint density at radius 2 is 1.65 bits per heavy atom. The highest BCUT2D eigenvalue weighted by molar-refractivity contribution is 6.30. The van der Waals surface area contributed by atoms with Crippen LogP contribution in [0.2, 0.25) is 5.02 Å². The Bertz CT molecular complexity index is 949. The van der Waals surface area contributed by atoms with Gasteiger partial charge in [0, 0.05) is 31.2 Å². The molecule has 1 aliphatic carbocycles. The van der Waals surface area contributed by atoms with Gasteiger partial charge in [0.15, 0.2) is 0 Å². The standard InChI is InChI=1S/C23H23ClF4N2O/c24-17-4-7-19(23(26,27)28)20(14-17)29-10-12-30(13-11-29)21(31)22(8-1-9-22)15-16-2-5-18(25)6-3-16/h2-7,14H,1,8-13,15H2. The van der Waals surface area contributed by atoms with Gasteiger partial charge in [-0.15, -0.1) is 0 Å². The highest BCUT2D eigenvalue weighted by atomic mass is 35.5. The molecule has 1 saturated carbocycles. The molecule has 0 bridgehead atoms. The van der Waals surface area contributed by atoms with Crippen molar-refractivity contribution in [2.45, 2.75) is 31.9 Å². The lowest BCUT2D eigenvalue weighted by Gasteiger charge is -2.46. The summed E-state index contributed by atoms with van der Waals surface area (Å²) in [6.45, 7) is 1.32. The smallest absolute Gasteiger partial charge is 0.367 e. The summed E-state index contributed by atoms with van der Waals surface area (Å²) in [7, 11) is 0. The number of alkyl halides is 3. The van der Waals surface area contributed by atoms with Crippen molar-refractivity contribution in [3.05, 3.63) is 64.4 Å². The number of amides is 1. The number of hydrogen-bond acceptors (Lipinski definition) is 2. The van der Waals surface area contributed by atoms with Crippen LogP contribution >= 0.6 is 11.6 Å². The van der Waals surface area contributed by atoms with Crippen molar-refractivity contribution < 1.29 is 22.4 Å². The third-order valence-corrected chi connectivity index (χ3v) is 6.63. The molecular formula is C23H23ClF4N2O. The van der Waals surface area contributed by atoms with Crippen LogP contribution in [0, 0.1) is 11.2 Å². The molecule has 0 aromatic heterocycles. The fourth-order valence-corrected chi connectivity index (χ4v) is 4.72. The minimum atomic E-state index is -4.47. The van der Waals surface area contributed by atoms with E-state index in [2.05, 4.69) is 0 Å². The second-order valence-electron chi connectivity index (χ2n) is 8.38. The van der Waals surface area contributed by atoms with Gasteiger partial charge in [-0.25, -0.2) is 4.39 Å². The molecule has 4 rings (SSSR count). The Morgan fingerprint density at radius 3 is 2.19 bits per heavy atom. The quantitative estimate of drug-likeness (QED) is 0.565. The number of carbonyl (C=O) groups is 1. The van der Waals surface area contributed by atoms with Crippen LogP contribution in [0.5, 0.6) is 0 Å².